The zero-order valence-electron chi connectivity index (χ0n) is 9.99. The molecule has 84 valence electrons. The van der Waals surface area contributed by atoms with Gasteiger partial charge in [-0.05, 0) is 18.4 Å². The van der Waals surface area contributed by atoms with Crippen LogP contribution in [0.15, 0.2) is 6.20 Å². The summed E-state index contributed by atoms with van der Waals surface area (Å²) in [7, 11) is 1.96. The molecule has 15 heavy (non-hydrogen) atoms. The minimum Gasteiger partial charge on any atom is -0.343 e. The van der Waals surface area contributed by atoms with E-state index in [-0.39, 0.29) is 0 Å². The van der Waals surface area contributed by atoms with E-state index < -0.39 is 0 Å². The van der Waals surface area contributed by atoms with Crippen molar-refractivity contribution >= 4 is 5.95 Å². The molecule has 0 aliphatic carbocycles. The van der Waals surface area contributed by atoms with Crippen LogP contribution >= 0.6 is 0 Å². The van der Waals surface area contributed by atoms with Gasteiger partial charge in [0, 0.05) is 26.3 Å². The Morgan fingerprint density at radius 2 is 2.13 bits per heavy atom. The van der Waals surface area contributed by atoms with Gasteiger partial charge in [0.2, 0.25) is 5.95 Å². The summed E-state index contributed by atoms with van der Waals surface area (Å²) < 4.78 is 0. The molecule has 0 saturated carbocycles. The topological polar surface area (TPSA) is 55.0 Å². The molecule has 4 nitrogen and oxygen atoms in total. The lowest BCUT2D eigenvalue weighted by molar-refractivity contribution is 0.776. The summed E-state index contributed by atoms with van der Waals surface area (Å²) in [5, 5.41) is 0. The average molecular weight is 208 g/mol. The van der Waals surface area contributed by atoms with Gasteiger partial charge < -0.3 is 10.6 Å². The molecule has 0 aromatic carbocycles. The molecule has 0 aliphatic heterocycles. The van der Waals surface area contributed by atoms with Crippen molar-refractivity contribution in [3.63, 3.8) is 0 Å². The minimum absolute atomic E-state index is 0.429. The normalized spacial score (nSPS) is 10.8. The Labute approximate surface area is 91.5 Å². The standard InChI is InChI=1S/C11H20N4/c1-8(2)10-9(3)7-13-11(14-10)15(4)6-5-12/h7-8H,5-6,12H2,1-4H3. The van der Waals surface area contributed by atoms with Gasteiger partial charge in [-0.3, -0.25) is 0 Å². The fraction of sp³-hybridized carbons (Fsp3) is 0.636. The van der Waals surface area contributed by atoms with E-state index in [1.807, 2.05) is 25.1 Å². The van der Waals surface area contributed by atoms with Crippen LogP contribution < -0.4 is 10.6 Å². The highest BCUT2D eigenvalue weighted by Crippen LogP contribution is 2.17. The van der Waals surface area contributed by atoms with E-state index in [1.54, 1.807) is 0 Å². The molecule has 1 heterocycles. The van der Waals surface area contributed by atoms with Crippen LogP contribution in [0.5, 0.6) is 0 Å². The molecule has 0 saturated heterocycles. The summed E-state index contributed by atoms with van der Waals surface area (Å²) in [6.07, 6.45) is 1.88. The third kappa shape index (κ3) is 2.89. The summed E-state index contributed by atoms with van der Waals surface area (Å²) in [4.78, 5) is 10.8. The highest BCUT2D eigenvalue weighted by Gasteiger charge is 2.09. The maximum absolute atomic E-state index is 5.50. The van der Waals surface area contributed by atoms with Crippen molar-refractivity contribution in [2.24, 2.45) is 5.73 Å². The Kier molecular flexibility index (Phi) is 4.03. The van der Waals surface area contributed by atoms with Gasteiger partial charge in [0.25, 0.3) is 0 Å². The molecule has 0 fully saturated rings. The SMILES string of the molecule is Cc1cnc(N(C)CCN)nc1C(C)C. The van der Waals surface area contributed by atoms with Crippen molar-refractivity contribution in [3.05, 3.63) is 17.5 Å². The molecule has 1 aromatic rings. The van der Waals surface area contributed by atoms with Gasteiger partial charge in [-0.25, -0.2) is 9.97 Å². The van der Waals surface area contributed by atoms with Gasteiger partial charge in [-0.1, -0.05) is 13.8 Å². The molecule has 1 rings (SSSR count). The van der Waals surface area contributed by atoms with Crippen molar-refractivity contribution in [2.75, 3.05) is 25.0 Å². The zero-order valence-corrected chi connectivity index (χ0v) is 9.99. The molecule has 4 heteroatoms. The fourth-order valence-electron chi connectivity index (χ4n) is 1.51. The van der Waals surface area contributed by atoms with Gasteiger partial charge in [-0.2, -0.15) is 0 Å². The van der Waals surface area contributed by atoms with Crippen molar-refractivity contribution in [1.82, 2.24) is 9.97 Å². The number of nitrogens with zero attached hydrogens (tertiary/aromatic N) is 3. The van der Waals surface area contributed by atoms with E-state index in [0.717, 1.165) is 23.8 Å². The second kappa shape index (κ2) is 5.07. The third-order valence-electron chi connectivity index (χ3n) is 2.35. The first-order valence-electron chi connectivity index (χ1n) is 5.31. The molecule has 2 N–H and O–H groups in total. The number of hydrogen-bond donors (Lipinski definition) is 1. The second-order valence-electron chi connectivity index (χ2n) is 4.10. The molecule has 0 spiro atoms. The van der Waals surface area contributed by atoms with E-state index in [4.69, 9.17) is 5.73 Å². The molecule has 0 amide bonds. The molecule has 0 radical (unpaired) electrons. The first-order chi connectivity index (χ1) is 7.06. The summed E-state index contributed by atoms with van der Waals surface area (Å²) in [6.45, 7) is 7.72. The highest BCUT2D eigenvalue weighted by atomic mass is 15.2. The molecular weight excluding hydrogens is 188 g/mol. The molecule has 0 unspecified atom stereocenters. The number of likely N-dealkylation sites (N-methyl/N-ethyl adjacent to an activating group) is 1. The van der Waals surface area contributed by atoms with E-state index in [1.165, 1.54) is 0 Å². The van der Waals surface area contributed by atoms with Crippen molar-refractivity contribution in [1.29, 1.82) is 0 Å². The monoisotopic (exact) mass is 208 g/mol. The summed E-state index contributed by atoms with van der Waals surface area (Å²) in [6, 6.07) is 0. The van der Waals surface area contributed by atoms with Crippen LogP contribution in [0.25, 0.3) is 0 Å². The summed E-state index contributed by atoms with van der Waals surface area (Å²) >= 11 is 0. The van der Waals surface area contributed by atoms with Crippen molar-refractivity contribution in [2.45, 2.75) is 26.7 Å². The van der Waals surface area contributed by atoms with Gasteiger partial charge in [0.05, 0.1) is 5.69 Å². The molecule has 0 bridgehead atoms. The summed E-state index contributed by atoms with van der Waals surface area (Å²) in [5.41, 5.74) is 7.76. The van der Waals surface area contributed by atoms with E-state index in [2.05, 4.69) is 23.8 Å². The smallest absolute Gasteiger partial charge is 0.225 e. The van der Waals surface area contributed by atoms with Gasteiger partial charge in [-0.15, -0.1) is 0 Å². The first-order valence-corrected chi connectivity index (χ1v) is 5.31. The van der Waals surface area contributed by atoms with Crippen LogP contribution in [0.4, 0.5) is 5.95 Å². The average Bonchev–Trinajstić information content (AvgIpc) is 2.18. The van der Waals surface area contributed by atoms with Crippen LogP contribution in [0.2, 0.25) is 0 Å². The lowest BCUT2D eigenvalue weighted by Crippen LogP contribution is -2.27. The second-order valence-corrected chi connectivity index (χ2v) is 4.10. The maximum Gasteiger partial charge on any atom is 0.225 e. The fourth-order valence-corrected chi connectivity index (χ4v) is 1.51. The number of aromatic nitrogens is 2. The van der Waals surface area contributed by atoms with E-state index in [9.17, 15) is 0 Å². The molecule has 0 aliphatic rings. The summed E-state index contributed by atoms with van der Waals surface area (Å²) in [5.74, 6) is 1.19. The first kappa shape index (κ1) is 11.9. The lowest BCUT2D eigenvalue weighted by atomic mass is 10.1. The predicted octanol–water partition coefficient (Wildman–Crippen LogP) is 1.30. The van der Waals surface area contributed by atoms with Crippen molar-refractivity contribution < 1.29 is 0 Å². The van der Waals surface area contributed by atoms with E-state index >= 15 is 0 Å². The van der Waals surface area contributed by atoms with Crippen LogP contribution in [-0.4, -0.2) is 30.1 Å². The highest BCUT2D eigenvalue weighted by molar-refractivity contribution is 5.32. The predicted molar refractivity (Wildman–Crippen MR) is 63.2 cm³/mol. The van der Waals surface area contributed by atoms with Gasteiger partial charge in [0.15, 0.2) is 0 Å². The Bertz CT molecular complexity index is 322. The quantitative estimate of drug-likeness (QED) is 0.810. The third-order valence-corrected chi connectivity index (χ3v) is 2.35. The van der Waals surface area contributed by atoms with Crippen LogP contribution in [0.3, 0.4) is 0 Å². The molecular formula is C11H20N4. The van der Waals surface area contributed by atoms with Crippen LogP contribution in [0.1, 0.15) is 31.0 Å². The molecule has 1 aromatic heterocycles. The Morgan fingerprint density at radius 3 is 2.67 bits per heavy atom. The van der Waals surface area contributed by atoms with Gasteiger partial charge in [0.1, 0.15) is 0 Å². The Morgan fingerprint density at radius 1 is 1.47 bits per heavy atom. The van der Waals surface area contributed by atoms with Crippen LogP contribution in [-0.2, 0) is 0 Å². The Balaban J connectivity index is 2.96. The number of anilines is 1. The number of hydrogen-bond acceptors (Lipinski definition) is 4. The number of aryl methyl sites for hydroxylation is 1. The number of nitrogens with two attached hydrogens (primary N) is 1. The molecule has 0 atom stereocenters. The number of rotatable bonds is 4. The van der Waals surface area contributed by atoms with Crippen LogP contribution in [0, 0.1) is 6.92 Å². The van der Waals surface area contributed by atoms with Crippen molar-refractivity contribution in [3.8, 4) is 0 Å². The minimum atomic E-state index is 0.429. The largest absolute Gasteiger partial charge is 0.343 e. The maximum atomic E-state index is 5.50. The lowest BCUT2D eigenvalue weighted by Gasteiger charge is -2.18. The van der Waals surface area contributed by atoms with E-state index in [0.29, 0.717) is 12.5 Å². The zero-order chi connectivity index (χ0) is 11.4. The Hall–Kier alpha value is -1.16. The van der Waals surface area contributed by atoms with Gasteiger partial charge >= 0.3 is 0 Å².